The molecule has 22 heavy (non-hydrogen) atoms. The standard InChI is InChI=1S/C16H20N2O4/c1-10(2)14(16(21)22)17-15(20)11-8-13(19)18(9-11)12-6-4-3-5-7-12/h3-7,10-11,14H,8-9H2,1-2H3,(H,17,20)(H,21,22). The van der Waals surface area contributed by atoms with Gasteiger partial charge in [0, 0.05) is 18.7 Å². The smallest absolute Gasteiger partial charge is 0.326 e. The summed E-state index contributed by atoms with van der Waals surface area (Å²) in [6.45, 7) is 3.74. The van der Waals surface area contributed by atoms with E-state index < -0.39 is 17.9 Å². The number of carbonyl (C=O) groups excluding carboxylic acids is 2. The molecule has 0 saturated carbocycles. The van der Waals surface area contributed by atoms with E-state index in [-0.39, 0.29) is 30.7 Å². The summed E-state index contributed by atoms with van der Waals surface area (Å²) in [6, 6.07) is 8.20. The Hall–Kier alpha value is -2.37. The summed E-state index contributed by atoms with van der Waals surface area (Å²) >= 11 is 0. The van der Waals surface area contributed by atoms with Crippen LogP contribution in [0.5, 0.6) is 0 Å². The van der Waals surface area contributed by atoms with E-state index in [1.165, 1.54) is 0 Å². The summed E-state index contributed by atoms with van der Waals surface area (Å²) in [5, 5.41) is 11.7. The summed E-state index contributed by atoms with van der Waals surface area (Å²) in [6.07, 6.45) is 0.102. The minimum absolute atomic E-state index is 0.102. The van der Waals surface area contributed by atoms with E-state index in [9.17, 15) is 14.4 Å². The second kappa shape index (κ2) is 6.60. The third kappa shape index (κ3) is 3.44. The first-order valence-corrected chi connectivity index (χ1v) is 7.28. The molecule has 2 unspecified atom stereocenters. The van der Waals surface area contributed by atoms with Crippen molar-refractivity contribution in [2.24, 2.45) is 11.8 Å². The van der Waals surface area contributed by atoms with Gasteiger partial charge in [0.25, 0.3) is 0 Å². The van der Waals surface area contributed by atoms with Crippen molar-refractivity contribution < 1.29 is 19.5 Å². The summed E-state index contributed by atoms with van der Waals surface area (Å²) in [7, 11) is 0. The first-order chi connectivity index (χ1) is 10.4. The lowest BCUT2D eigenvalue weighted by Gasteiger charge is -2.20. The molecule has 1 saturated heterocycles. The highest BCUT2D eigenvalue weighted by Gasteiger charge is 2.36. The van der Waals surface area contributed by atoms with Gasteiger partial charge < -0.3 is 15.3 Å². The van der Waals surface area contributed by atoms with Crippen LogP contribution < -0.4 is 10.2 Å². The van der Waals surface area contributed by atoms with Crippen LogP contribution in [0.3, 0.4) is 0 Å². The van der Waals surface area contributed by atoms with Crippen LogP contribution in [0.15, 0.2) is 30.3 Å². The minimum Gasteiger partial charge on any atom is -0.480 e. The average molecular weight is 304 g/mol. The molecule has 2 amide bonds. The SMILES string of the molecule is CC(C)C(NC(=O)C1CC(=O)N(c2ccccc2)C1)C(=O)O. The Bertz CT molecular complexity index is 571. The van der Waals surface area contributed by atoms with Gasteiger partial charge in [-0.05, 0) is 18.1 Å². The molecule has 1 aliphatic heterocycles. The van der Waals surface area contributed by atoms with E-state index in [1.807, 2.05) is 30.3 Å². The number of amides is 2. The lowest BCUT2D eigenvalue weighted by Crippen LogP contribution is -2.47. The van der Waals surface area contributed by atoms with Crippen molar-refractivity contribution in [3.63, 3.8) is 0 Å². The highest BCUT2D eigenvalue weighted by Crippen LogP contribution is 2.25. The fourth-order valence-corrected chi connectivity index (χ4v) is 2.53. The largest absolute Gasteiger partial charge is 0.480 e. The summed E-state index contributed by atoms with van der Waals surface area (Å²) in [5.41, 5.74) is 0.751. The molecule has 1 heterocycles. The van der Waals surface area contributed by atoms with Crippen LogP contribution in [-0.2, 0) is 14.4 Å². The number of benzene rings is 1. The van der Waals surface area contributed by atoms with Crippen LogP contribution in [0.4, 0.5) is 5.69 Å². The number of carbonyl (C=O) groups is 3. The van der Waals surface area contributed by atoms with Crippen LogP contribution >= 0.6 is 0 Å². The van der Waals surface area contributed by atoms with Gasteiger partial charge in [0.15, 0.2) is 0 Å². The van der Waals surface area contributed by atoms with Gasteiger partial charge in [0.1, 0.15) is 6.04 Å². The van der Waals surface area contributed by atoms with E-state index in [0.29, 0.717) is 0 Å². The van der Waals surface area contributed by atoms with Crippen molar-refractivity contribution >= 4 is 23.5 Å². The molecule has 1 aliphatic rings. The van der Waals surface area contributed by atoms with Crippen molar-refractivity contribution in [3.05, 3.63) is 30.3 Å². The molecular weight excluding hydrogens is 284 g/mol. The molecule has 1 aromatic rings. The maximum atomic E-state index is 12.2. The van der Waals surface area contributed by atoms with Crippen LogP contribution in [0.25, 0.3) is 0 Å². The molecule has 0 bridgehead atoms. The van der Waals surface area contributed by atoms with Crippen LogP contribution in [-0.4, -0.2) is 35.5 Å². The van der Waals surface area contributed by atoms with Crippen LogP contribution in [0.2, 0.25) is 0 Å². The molecule has 0 aromatic heterocycles. The maximum absolute atomic E-state index is 12.2. The number of aliphatic carboxylic acids is 1. The van der Waals surface area contributed by atoms with Gasteiger partial charge >= 0.3 is 5.97 Å². The van der Waals surface area contributed by atoms with Crippen molar-refractivity contribution in [2.45, 2.75) is 26.3 Å². The van der Waals surface area contributed by atoms with Crippen LogP contribution in [0.1, 0.15) is 20.3 Å². The fourth-order valence-electron chi connectivity index (χ4n) is 2.53. The Morgan fingerprint density at radius 1 is 1.27 bits per heavy atom. The quantitative estimate of drug-likeness (QED) is 0.857. The highest BCUT2D eigenvalue weighted by atomic mass is 16.4. The molecule has 0 spiro atoms. The second-order valence-electron chi connectivity index (χ2n) is 5.81. The second-order valence-corrected chi connectivity index (χ2v) is 5.81. The van der Waals surface area contributed by atoms with Crippen molar-refractivity contribution in [2.75, 3.05) is 11.4 Å². The molecule has 118 valence electrons. The number of anilines is 1. The predicted octanol–water partition coefficient (Wildman–Crippen LogP) is 1.26. The Labute approximate surface area is 129 Å². The number of hydrogen-bond donors (Lipinski definition) is 2. The number of rotatable bonds is 5. The predicted molar refractivity (Wildman–Crippen MR) is 81.3 cm³/mol. The van der Waals surface area contributed by atoms with Gasteiger partial charge in [-0.15, -0.1) is 0 Å². The fraction of sp³-hybridized carbons (Fsp3) is 0.438. The normalized spacial score (nSPS) is 19.3. The molecule has 6 heteroatoms. The Morgan fingerprint density at radius 2 is 1.91 bits per heavy atom. The van der Waals surface area contributed by atoms with E-state index in [2.05, 4.69) is 5.32 Å². The molecule has 1 fully saturated rings. The molecule has 2 atom stereocenters. The average Bonchev–Trinajstić information content (AvgIpc) is 2.87. The number of carboxylic acids is 1. The van der Waals surface area contributed by atoms with E-state index in [4.69, 9.17) is 5.11 Å². The molecule has 1 aromatic carbocycles. The third-order valence-corrected chi connectivity index (χ3v) is 3.79. The minimum atomic E-state index is -1.06. The number of carboxylic acid groups (broad SMARTS) is 1. The number of nitrogens with one attached hydrogen (secondary N) is 1. The van der Waals surface area contributed by atoms with Crippen LogP contribution in [0, 0.1) is 11.8 Å². The summed E-state index contributed by atoms with van der Waals surface area (Å²) in [4.78, 5) is 37.0. The number of hydrogen-bond acceptors (Lipinski definition) is 3. The third-order valence-electron chi connectivity index (χ3n) is 3.79. The molecule has 6 nitrogen and oxygen atoms in total. The Balaban J connectivity index is 2.04. The maximum Gasteiger partial charge on any atom is 0.326 e. The number of nitrogens with zero attached hydrogens (tertiary/aromatic N) is 1. The zero-order valence-electron chi connectivity index (χ0n) is 12.7. The molecule has 2 N–H and O–H groups in total. The topological polar surface area (TPSA) is 86.7 Å². The first-order valence-electron chi connectivity index (χ1n) is 7.28. The Kier molecular flexibility index (Phi) is 4.80. The zero-order chi connectivity index (χ0) is 16.3. The number of para-hydroxylation sites is 1. The van der Waals surface area contributed by atoms with E-state index >= 15 is 0 Å². The highest BCUT2D eigenvalue weighted by molar-refractivity contribution is 6.00. The molecule has 0 radical (unpaired) electrons. The van der Waals surface area contributed by atoms with Crippen molar-refractivity contribution in [1.82, 2.24) is 5.32 Å². The summed E-state index contributed by atoms with van der Waals surface area (Å²) < 4.78 is 0. The van der Waals surface area contributed by atoms with Gasteiger partial charge in [-0.2, -0.15) is 0 Å². The van der Waals surface area contributed by atoms with Gasteiger partial charge in [-0.25, -0.2) is 4.79 Å². The molecular formula is C16H20N2O4. The van der Waals surface area contributed by atoms with Crippen molar-refractivity contribution in [3.8, 4) is 0 Å². The lowest BCUT2D eigenvalue weighted by molar-refractivity contribution is -0.143. The first kappa shape index (κ1) is 16.0. The van der Waals surface area contributed by atoms with E-state index in [1.54, 1.807) is 18.7 Å². The lowest BCUT2D eigenvalue weighted by atomic mass is 10.0. The summed E-state index contributed by atoms with van der Waals surface area (Å²) in [5.74, 6) is -2.31. The molecule has 0 aliphatic carbocycles. The molecule has 2 rings (SSSR count). The van der Waals surface area contributed by atoms with Gasteiger partial charge in [0.05, 0.1) is 5.92 Å². The monoisotopic (exact) mass is 304 g/mol. The van der Waals surface area contributed by atoms with E-state index in [0.717, 1.165) is 5.69 Å². The van der Waals surface area contributed by atoms with Gasteiger partial charge in [0.2, 0.25) is 11.8 Å². The van der Waals surface area contributed by atoms with Gasteiger partial charge in [-0.1, -0.05) is 32.0 Å². The zero-order valence-corrected chi connectivity index (χ0v) is 12.7. The van der Waals surface area contributed by atoms with Gasteiger partial charge in [-0.3, -0.25) is 9.59 Å². The Morgan fingerprint density at radius 3 is 2.45 bits per heavy atom. The van der Waals surface area contributed by atoms with Crippen molar-refractivity contribution in [1.29, 1.82) is 0 Å².